The van der Waals surface area contributed by atoms with Crippen molar-refractivity contribution in [3.8, 4) is 5.75 Å². The first kappa shape index (κ1) is 20.9. The molecule has 3 rings (SSSR count). The fourth-order valence-electron chi connectivity index (χ4n) is 3.64. The Labute approximate surface area is 172 Å². The van der Waals surface area contributed by atoms with Crippen LogP contribution >= 0.6 is 0 Å². The first-order valence-electron chi connectivity index (χ1n) is 10.4. The van der Waals surface area contributed by atoms with Gasteiger partial charge in [-0.1, -0.05) is 13.0 Å². The Morgan fingerprint density at radius 1 is 1.31 bits per heavy atom. The Bertz CT molecular complexity index is 798. The smallest absolute Gasteiger partial charge is 0.224 e. The van der Waals surface area contributed by atoms with Gasteiger partial charge in [-0.25, -0.2) is 9.97 Å². The highest BCUT2D eigenvalue weighted by atomic mass is 16.5. The van der Waals surface area contributed by atoms with Crippen molar-refractivity contribution < 1.29 is 9.53 Å². The number of carbonyl (C=O) groups is 1. The molecule has 0 bridgehead atoms. The molecular formula is C22H31N5O2. The van der Waals surface area contributed by atoms with Crippen molar-refractivity contribution in [2.45, 2.75) is 39.0 Å². The normalized spacial score (nSPS) is 16.3. The average Bonchev–Trinajstić information content (AvgIpc) is 2.77. The molecule has 1 aliphatic heterocycles. The lowest BCUT2D eigenvalue weighted by Crippen LogP contribution is -2.36. The SMILES string of the molecule is CCCNc1cc(N2CCC[C@@H](CCC(=O)Nc3cccc(OC)c3)C2)ncn1. The summed E-state index contributed by atoms with van der Waals surface area (Å²) in [5.41, 5.74) is 0.771. The number of anilines is 3. The number of nitrogens with zero attached hydrogens (tertiary/aromatic N) is 3. The summed E-state index contributed by atoms with van der Waals surface area (Å²) in [4.78, 5) is 23.4. The van der Waals surface area contributed by atoms with Crippen LogP contribution in [0.5, 0.6) is 5.75 Å². The molecule has 1 aliphatic rings. The third kappa shape index (κ3) is 6.34. The minimum Gasteiger partial charge on any atom is -0.497 e. The Hall–Kier alpha value is -2.83. The van der Waals surface area contributed by atoms with E-state index in [4.69, 9.17) is 4.74 Å². The maximum absolute atomic E-state index is 12.4. The quantitative estimate of drug-likeness (QED) is 0.667. The van der Waals surface area contributed by atoms with E-state index in [-0.39, 0.29) is 5.91 Å². The fraction of sp³-hybridized carbons (Fsp3) is 0.500. The van der Waals surface area contributed by atoms with Gasteiger partial charge in [-0.2, -0.15) is 0 Å². The largest absolute Gasteiger partial charge is 0.497 e. The summed E-state index contributed by atoms with van der Waals surface area (Å²) >= 11 is 0. The van der Waals surface area contributed by atoms with E-state index in [1.165, 1.54) is 0 Å². The molecular weight excluding hydrogens is 366 g/mol. The molecule has 1 saturated heterocycles. The Balaban J connectivity index is 1.50. The number of carbonyl (C=O) groups excluding carboxylic acids is 1. The van der Waals surface area contributed by atoms with Crippen LogP contribution in [-0.4, -0.2) is 42.6 Å². The van der Waals surface area contributed by atoms with Gasteiger partial charge in [0.1, 0.15) is 23.7 Å². The highest BCUT2D eigenvalue weighted by molar-refractivity contribution is 5.90. The molecule has 0 unspecified atom stereocenters. The van der Waals surface area contributed by atoms with Crippen molar-refractivity contribution >= 4 is 23.2 Å². The molecule has 0 spiro atoms. The molecule has 7 nitrogen and oxygen atoms in total. The molecule has 1 fully saturated rings. The Morgan fingerprint density at radius 2 is 2.21 bits per heavy atom. The van der Waals surface area contributed by atoms with Crippen LogP contribution in [0.4, 0.5) is 17.3 Å². The third-order valence-electron chi connectivity index (χ3n) is 5.18. The molecule has 1 aromatic heterocycles. The zero-order valence-electron chi connectivity index (χ0n) is 17.4. The summed E-state index contributed by atoms with van der Waals surface area (Å²) in [5, 5.41) is 6.28. The van der Waals surface area contributed by atoms with Crippen LogP contribution in [0.25, 0.3) is 0 Å². The molecule has 2 aromatic rings. The minimum atomic E-state index is 0.0449. The summed E-state index contributed by atoms with van der Waals surface area (Å²) in [6.45, 7) is 4.96. The maximum Gasteiger partial charge on any atom is 0.224 e. The number of amides is 1. The van der Waals surface area contributed by atoms with E-state index in [2.05, 4.69) is 32.4 Å². The second-order valence-corrected chi connectivity index (χ2v) is 7.46. The Kier molecular flexibility index (Phi) is 7.67. The number of piperidine rings is 1. The predicted molar refractivity (Wildman–Crippen MR) is 117 cm³/mol. The standard InChI is InChI=1S/C22H31N5O2/c1-3-11-23-20-14-21(25-16-24-20)27-12-5-6-17(15-27)9-10-22(28)26-18-7-4-8-19(13-18)29-2/h4,7-8,13-14,16-17H,3,5-6,9-12,15H2,1-2H3,(H,26,28)(H,23,24,25)/t17-/m0/s1. The summed E-state index contributed by atoms with van der Waals surface area (Å²) in [6.07, 6.45) is 6.33. The van der Waals surface area contributed by atoms with Crippen molar-refractivity contribution in [3.63, 3.8) is 0 Å². The van der Waals surface area contributed by atoms with Gasteiger partial charge in [0, 0.05) is 43.9 Å². The molecule has 0 radical (unpaired) electrons. The summed E-state index contributed by atoms with van der Waals surface area (Å²) in [5.74, 6) is 3.11. The first-order chi connectivity index (χ1) is 14.2. The van der Waals surface area contributed by atoms with Gasteiger partial charge < -0.3 is 20.3 Å². The van der Waals surface area contributed by atoms with E-state index in [0.29, 0.717) is 12.3 Å². The lowest BCUT2D eigenvalue weighted by Gasteiger charge is -2.33. The molecule has 7 heteroatoms. The number of ether oxygens (including phenoxy) is 1. The van der Waals surface area contributed by atoms with Crippen LogP contribution in [0, 0.1) is 5.92 Å². The van der Waals surface area contributed by atoms with E-state index in [9.17, 15) is 4.79 Å². The fourth-order valence-corrected chi connectivity index (χ4v) is 3.64. The second kappa shape index (κ2) is 10.6. The van der Waals surface area contributed by atoms with Crippen molar-refractivity contribution in [3.05, 3.63) is 36.7 Å². The average molecular weight is 398 g/mol. The molecule has 156 valence electrons. The van der Waals surface area contributed by atoms with Crippen LogP contribution in [-0.2, 0) is 4.79 Å². The van der Waals surface area contributed by atoms with Gasteiger partial charge in [-0.3, -0.25) is 4.79 Å². The van der Waals surface area contributed by atoms with Gasteiger partial charge in [-0.05, 0) is 43.7 Å². The lowest BCUT2D eigenvalue weighted by molar-refractivity contribution is -0.116. The number of benzene rings is 1. The third-order valence-corrected chi connectivity index (χ3v) is 5.18. The summed E-state index contributed by atoms with van der Waals surface area (Å²) < 4.78 is 5.20. The van der Waals surface area contributed by atoms with E-state index < -0.39 is 0 Å². The molecule has 29 heavy (non-hydrogen) atoms. The molecule has 1 amide bonds. The van der Waals surface area contributed by atoms with Crippen molar-refractivity contribution in [2.24, 2.45) is 5.92 Å². The van der Waals surface area contributed by atoms with Crippen LogP contribution in [0.1, 0.15) is 39.0 Å². The van der Waals surface area contributed by atoms with Crippen molar-refractivity contribution in [1.29, 1.82) is 0 Å². The molecule has 2 N–H and O–H groups in total. The number of nitrogens with one attached hydrogen (secondary N) is 2. The number of rotatable bonds is 9. The molecule has 0 saturated carbocycles. The lowest BCUT2D eigenvalue weighted by atomic mass is 9.93. The predicted octanol–water partition coefficient (Wildman–Crippen LogP) is 3.94. The second-order valence-electron chi connectivity index (χ2n) is 7.46. The van der Waals surface area contributed by atoms with E-state index in [1.54, 1.807) is 13.4 Å². The van der Waals surface area contributed by atoms with Gasteiger partial charge in [-0.15, -0.1) is 0 Å². The number of hydrogen-bond acceptors (Lipinski definition) is 6. The zero-order chi connectivity index (χ0) is 20.5. The zero-order valence-corrected chi connectivity index (χ0v) is 17.4. The summed E-state index contributed by atoms with van der Waals surface area (Å²) in [6, 6.07) is 9.47. The van der Waals surface area contributed by atoms with E-state index >= 15 is 0 Å². The topological polar surface area (TPSA) is 79.4 Å². The van der Waals surface area contributed by atoms with Crippen molar-refractivity contribution in [1.82, 2.24) is 9.97 Å². The molecule has 0 aliphatic carbocycles. The van der Waals surface area contributed by atoms with E-state index in [1.807, 2.05) is 30.3 Å². The van der Waals surface area contributed by atoms with Crippen LogP contribution in [0.3, 0.4) is 0 Å². The molecule has 1 aromatic carbocycles. The summed E-state index contributed by atoms with van der Waals surface area (Å²) in [7, 11) is 1.62. The van der Waals surface area contributed by atoms with Gasteiger partial charge >= 0.3 is 0 Å². The highest BCUT2D eigenvalue weighted by Gasteiger charge is 2.22. The highest BCUT2D eigenvalue weighted by Crippen LogP contribution is 2.26. The van der Waals surface area contributed by atoms with Gasteiger partial charge in [0.25, 0.3) is 0 Å². The molecule has 2 heterocycles. The van der Waals surface area contributed by atoms with Crippen LogP contribution in [0.2, 0.25) is 0 Å². The first-order valence-corrected chi connectivity index (χ1v) is 10.4. The number of aromatic nitrogens is 2. The maximum atomic E-state index is 12.4. The van der Waals surface area contributed by atoms with Crippen LogP contribution < -0.4 is 20.3 Å². The van der Waals surface area contributed by atoms with E-state index in [0.717, 1.165) is 68.4 Å². The molecule has 1 atom stereocenters. The number of methoxy groups -OCH3 is 1. The van der Waals surface area contributed by atoms with Gasteiger partial charge in [0.15, 0.2) is 0 Å². The van der Waals surface area contributed by atoms with Gasteiger partial charge in [0.05, 0.1) is 7.11 Å². The van der Waals surface area contributed by atoms with Crippen LogP contribution in [0.15, 0.2) is 36.7 Å². The number of hydrogen-bond donors (Lipinski definition) is 2. The Morgan fingerprint density at radius 3 is 3.03 bits per heavy atom. The van der Waals surface area contributed by atoms with Crippen molar-refractivity contribution in [2.75, 3.05) is 42.3 Å². The van der Waals surface area contributed by atoms with Gasteiger partial charge in [0.2, 0.25) is 5.91 Å². The monoisotopic (exact) mass is 397 g/mol. The minimum absolute atomic E-state index is 0.0449.